The Kier molecular flexibility index (Phi) is 4.69. The van der Waals surface area contributed by atoms with Crippen LogP contribution < -0.4 is 0 Å². The zero-order chi connectivity index (χ0) is 8.91. The van der Waals surface area contributed by atoms with Gasteiger partial charge < -0.3 is 4.90 Å². The van der Waals surface area contributed by atoms with Gasteiger partial charge in [-0.2, -0.15) is 0 Å². The van der Waals surface area contributed by atoms with Crippen LogP contribution in [0.15, 0.2) is 12.3 Å². The summed E-state index contributed by atoms with van der Waals surface area (Å²) in [7, 11) is 3.25. The Labute approximate surface area is 72.1 Å². The summed E-state index contributed by atoms with van der Waals surface area (Å²) < 4.78 is 0. The molecule has 66 valence electrons. The van der Waals surface area contributed by atoms with Crippen molar-refractivity contribution in [2.75, 3.05) is 20.6 Å². The first-order chi connectivity index (χ1) is 4.98. The predicted octanol–water partition coefficient (Wildman–Crippen LogP) is 2.37. The van der Waals surface area contributed by atoms with Gasteiger partial charge in [-0.05, 0) is 27.1 Å². The second-order valence-corrected chi connectivity index (χ2v) is 8.98. The fourth-order valence-corrected chi connectivity index (χ4v) is 2.23. The molecule has 0 N–H and O–H groups in total. The van der Waals surface area contributed by atoms with Crippen molar-refractivity contribution in [2.24, 2.45) is 0 Å². The fraction of sp³-hybridized carbons (Fsp3) is 0.778. The average molecular weight is 171 g/mol. The number of hydrogen-bond donors (Lipinski definition) is 0. The van der Waals surface area contributed by atoms with E-state index in [1.165, 1.54) is 19.0 Å². The third-order valence-electron chi connectivity index (χ3n) is 1.98. The van der Waals surface area contributed by atoms with Crippen molar-refractivity contribution in [1.82, 2.24) is 4.90 Å². The molecule has 0 fully saturated rings. The minimum absolute atomic E-state index is 1.01. The van der Waals surface area contributed by atoms with Crippen molar-refractivity contribution in [1.29, 1.82) is 0 Å². The third-order valence-corrected chi connectivity index (χ3v) is 4.73. The van der Waals surface area contributed by atoms with Gasteiger partial charge >= 0.3 is 0 Å². The Morgan fingerprint density at radius 2 is 1.91 bits per heavy atom. The van der Waals surface area contributed by atoms with Gasteiger partial charge in [-0.1, -0.05) is 19.1 Å². The molecule has 0 unspecified atom stereocenters. The van der Waals surface area contributed by atoms with E-state index in [0.29, 0.717) is 0 Å². The Hall–Kier alpha value is -0.0831. The molecule has 0 atom stereocenters. The first kappa shape index (κ1) is 10.9. The highest BCUT2D eigenvalue weighted by molar-refractivity contribution is 6.82. The van der Waals surface area contributed by atoms with Crippen molar-refractivity contribution < 1.29 is 0 Å². The zero-order valence-electron chi connectivity index (χ0n) is 8.35. The van der Waals surface area contributed by atoms with Gasteiger partial charge in [0, 0.05) is 0 Å². The minimum Gasteiger partial charge on any atom is -0.309 e. The van der Waals surface area contributed by atoms with E-state index in [4.69, 9.17) is 0 Å². The monoisotopic (exact) mass is 171 g/mol. The summed E-state index contributed by atoms with van der Waals surface area (Å²) in [5, 5.41) is 0. The van der Waals surface area contributed by atoms with Crippen LogP contribution >= 0.6 is 0 Å². The Morgan fingerprint density at radius 3 is 2.27 bits per heavy atom. The average Bonchev–Trinajstić information content (AvgIpc) is 1.87. The fourth-order valence-electron chi connectivity index (χ4n) is 0.953. The molecule has 0 aliphatic rings. The summed E-state index contributed by atoms with van der Waals surface area (Å²) in [6, 6.07) is 1.37. The van der Waals surface area contributed by atoms with Crippen LogP contribution in [0, 0.1) is 0 Å². The van der Waals surface area contributed by atoms with E-state index in [2.05, 4.69) is 44.4 Å². The topological polar surface area (TPSA) is 3.24 Å². The van der Waals surface area contributed by atoms with E-state index in [1.54, 1.807) is 0 Å². The van der Waals surface area contributed by atoms with Gasteiger partial charge in [0.25, 0.3) is 0 Å². The van der Waals surface area contributed by atoms with Crippen LogP contribution in [-0.4, -0.2) is 33.6 Å². The molecule has 0 aliphatic carbocycles. The maximum absolute atomic E-state index is 3.88. The maximum atomic E-state index is 3.88. The van der Waals surface area contributed by atoms with Crippen molar-refractivity contribution in [3.63, 3.8) is 0 Å². The second kappa shape index (κ2) is 4.73. The van der Waals surface area contributed by atoms with Crippen molar-refractivity contribution >= 4 is 8.07 Å². The lowest BCUT2D eigenvalue weighted by atomic mass is 10.5. The molecule has 0 amide bonds. The molecule has 0 aromatic carbocycles. The van der Waals surface area contributed by atoms with Crippen molar-refractivity contribution in [3.8, 4) is 0 Å². The summed E-state index contributed by atoms with van der Waals surface area (Å²) in [5.41, 5.74) is 2.18. The summed E-state index contributed by atoms with van der Waals surface area (Å²) in [5.74, 6) is 0. The lowest BCUT2D eigenvalue weighted by Gasteiger charge is -2.18. The van der Waals surface area contributed by atoms with E-state index in [9.17, 15) is 0 Å². The van der Waals surface area contributed by atoms with Crippen LogP contribution in [0.2, 0.25) is 19.1 Å². The summed E-state index contributed by atoms with van der Waals surface area (Å²) in [4.78, 5) is 2.24. The second-order valence-electron chi connectivity index (χ2n) is 4.10. The quantitative estimate of drug-likeness (QED) is 0.574. The first-order valence-corrected chi connectivity index (χ1v) is 7.55. The normalized spacial score (nSPS) is 12.1. The molecule has 0 radical (unpaired) electrons. The van der Waals surface area contributed by atoms with Crippen LogP contribution in [0.3, 0.4) is 0 Å². The van der Waals surface area contributed by atoms with Crippen LogP contribution in [0.5, 0.6) is 0 Å². The molecule has 0 heterocycles. The molecule has 0 rings (SSSR count). The van der Waals surface area contributed by atoms with Gasteiger partial charge in [0.2, 0.25) is 0 Å². The summed E-state index contributed by atoms with van der Waals surface area (Å²) in [6.07, 6.45) is 1.32. The maximum Gasteiger partial charge on any atom is 0.0710 e. The Balaban J connectivity index is 3.45. The largest absolute Gasteiger partial charge is 0.309 e. The molecule has 0 saturated carbocycles. The van der Waals surface area contributed by atoms with E-state index >= 15 is 0 Å². The minimum atomic E-state index is -1.01. The Bertz CT molecular complexity index is 119. The van der Waals surface area contributed by atoms with Gasteiger partial charge in [0.05, 0.1) is 8.07 Å². The predicted molar refractivity (Wildman–Crippen MR) is 55.7 cm³/mol. The highest BCUT2D eigenvalue weighted by Gasteiger charge is 2.14. The standard InChI is InChI=1S/C9H21NSi/c1-6-11(4,5)9-7-8-10(2)3/h6H,1,7-9H2,2-5H3. The molecule has 0 saturated heterocycles. The van der Waals surface area contributed by atoms with Gasteiger partial charge in [0.1, 0.15) is 0 Å². The molecular formula is C9H21NSi. The van der Waals surface area contributed by atoms with E-state index in [-0.39, 0.29) is 0 Å². The summed E-state index contributed by atoms with van der Waals surface area (Å²) >= 11 is 0. The highest BCUT2D eigenvalue weighted by Crippen LogP contribution is 2.12. The molecule has 0 spiro atoms. The first-order valence-electron chi connectivity index (χ1n) is 4.26. The number of rotatable bonds is 5. The van der Waals surface area contributed by atoms with Gasteiger partial charge in [0.15, 0.2) is 0 Å². The van der Waals surface area contributed by atoms with Crippen LogP contribution in [0.1, 0.15) is 6.42 Å². The van der Waals surface area contributed by atoms with Crippen molar-refractivity contribution in [2.45, 2.75) is 25.6 Å². The lowest BCUT2D eigenvalue weighted by Crippen LogP contribution is -2.24. The molecule has 1 nitrogen and oxygen atoms in total. The zero-order valence-corrected chi connectivity index (χ0v) is 9.35. The van der Waals surface area contributed by atoms with Gasteiger partial charge in [-0.25, -0.2) is 0 Å². The molecule has 0 aliphatic heterocycles. The number of nitrogens with zero attached hydrogens (tertiary/aromatic N) is 1. The smallest absolute Gasteiger partial charge is 0.0710 e. The molecule has 0 bridgehead atoms. The van der Waals surface area contributed by atoms with Crippen LogP contribution in [0.25, 0.3) is 0 Å². The van der Waals surface area contributed by atoms with Gasteiger partial charge in [-0.15, -0.1) is 12.3 Å². The number of hydrogen-bond acceptors (Lipinski definition) is 1. The SMILES string of the molecule is C=C[Si](C)(C)CCCN(C)C. The van der Waals surface area contributed by atoms with Crippen LogP contribution in [-0.2, 0) is 0 Å². The van der Waals surface area contributed by atoms with Crippen molar-refractivity contribution in [3.05, 3.63) is 12.3 Å². The Morgan fingerprint density at radius 1 is 1.36 bits per heavy atom. The van der Waals surface area contributed by atoms with E-state index in [0.717, 1.165) is 0 Å². The summed E-state index contributed by atoms with van der Waals surface area (Å²) in [6.45, 7) is 9.83. The molecule has 0 aromatic heterocycles. The molecule has 11 heavy (non-hydrogen) atoms. The highest BCUT2D eigenvalue weighted by atomic mass is 28.3. The lowest BCUT2D eigenvalue weighted by molar-refractivity contribution is 0.408. The third kappa shape index (κ3) is 6.32. The molecule has 0 aromatic rings. The van der Waals surface area contributed by atoms with Gasteiger partial charge in [-0.3, -0.25) is 0 Å². The van der Waals surface area contributed by atoms with E-state index in [1.807, 2.05) is 0 Å². The molecular weight excluding hydrogens is 150 g/mol. The van der Waals surface area contributed by atoms with Crippen LogP contribution in [0.4, 0.5) is 0 Å². The molecule has 2 heteroatoms. The van der Waals surface area contributed by atoms with E-state index < -0.39 is 8.07 Å².